The number of aromatic hydroxyl groups is 3. The minimum atomic E-state index is -0.597. The maximum absolute atomic E-state index is 12.6. The van der Waals surface area contributed by atoms with Gasteiger partial charge in [-0.15, -0.1) is 0 Å². The molecular weight excluding hydrogens is 344 g/mol. The Kier molecular flexibility index (Phi) is 4.25. The van der Waals surface area contributed by atoms with Gasteiger partial charge in [-0.3, -0.25) is 4.79 Å². The fourth-order valence-electron chi connectivity index (χ4n) is 2.72. The summed E-state index contributed by atoms with van der Waals surface area (Å²) in [5.41, 5.74) is -0.589. The van der Waals surface area contributed by atoms with E-state index in [1.165, 1.54) is 39.5 Å². The zero-order valence-corrected chi connectivity index (χ0v) is 14.2. The predicted octanol–water partition coefficient (Wildman–Crippen LogP) is 2.60. The number of fused-ring (bicyclic) bond motifs is 1. The molecule has 8 heteroatoms. The number of rotatable bonds is 4. The SMILES string of the molecule is COc1c(OC)c(O)c2c(=O)cc(-c3cc(O)ccc3O)oc2c1OC. The lowest BCUT2D eigenvalue weighted by molar-refractivity contribution is 0.311. The van der Waals surface area contributed by atoms with Crippen LogP contribution in [0.15, 0.2) is 33.5 Å². The molecule has 0 bridgehead atoms. The van der Waals surface area contributed by atoms with E-state index >= 15 is 0 Å². The van der Waals surface area contributed by atoms with Crippen LogP contribution in [0.25, 0.3) is 22.3 Å². The van der Waals surface area contributed by atoms with E-state index in [1.54, 1.807) is 0 Å². The van der Waals surface area contributed by atoms with E-state index in [1.807, 2.05) is 0 Å². The van der Waals surface area contributed by atoms with Crippen LogP contribution in [0.2, 0.25) is 0 Å². The fourth-order valence-corrected chi connectivity index (χ4v) is 2.72. The van der Waals surface area contributed by atoms with Crippen LogP contribution in [0.4, 0.5) is 0 Å². The van der Waals surface area contributed by atoms with Crippen molar-refractivity contribution in [2.75, 3.05) is 21.3 Å². The van der Waals surface area contributed by atoms with E-state index in [2.05, 4.69) is 0 Å². The standard InChI is InChI=1S/C18H16O8/c1-23-16-14(22)13-11(21)7-12(9-6-8(19)4-5-10(9)20)26-15(13)17(24-2)18(16)25-3/h4-7,19-20,22H,1-3H3. The molecule has 0 atom stereocenters. The molecular formula is C18H16O8. The Bertz CT molecular complexity index is 1050. The van der Waals surface area contributed by atoms with Gasteiger partial charge in [0.15, 0.2) is 16.8 Å². The van der Waals surface area contributed by atoms with Crippen LogP contribution in [0, 0.1) is 0 Å². The molecule has 0 aliphatic rings. The molecule has 0 saturated carbocycles. The second kappa shape index (κ2) is 6.40. The second-order valence-corrected chi connectivity index (χ2v) is 5.33. The van der Waals surface area contributed by atoms with Crippen molar-refractivity contribution in [3.05, 3.63) is 34.5 Å². The molecule has 3 aromatic rings. The van der Waals surface area contributed by atoms with Gasteiger partial charge < -0.3 is 33.9 Å². The lowest BCUT2D eigenvalue weighted by atomic mass is 10.1. The molecule has 0 aliphatic carbocycles. The van der Waals surface area contributed by atoms with Gasteiger partial charge in [-0.25, -0.2) is 0 Å². The first-order chi connectivity index (χ1) is 12.4. The predicted molar refractivity (Wildman–Crippen MR) is 92.6 cm³/mol. The first-order valence-electron chi connectivity index (χ1n) is 7.44. The molecule has 3 rings (SSSR count). The third-order valence-corrected chi connectivity index (χ3v) is 3.88. The van der Waals surface area contributed by atoms with Gasteiger partial charge in [-0.2, -0.15) is 0 Å². The minimum absolute atomic E-state index is 0.0270. The molecule has 8 nitrogen and oxygen atoms in total. The van der Waals surface area contributed by atoms with E-state index in [4.69, 9.17) is 18.6 Å². The molecule has 0 unspecified atom stereocenters. The van der Waals surface area contributed by atoms with E-state index < -0.39 is 11.2 Å². The van der Waals surface area contributed by atoms with Crippen LogP contribution in [0.3, 0.4) is 0 Å². The van der Waals surface area contributed by atoms with Gasteiger partial charge in [-0.05, 0) is 18.2 Å². The highest BCUT2D eigenvalue weighted by Crippen LogP contribution is 2.50. The number of hydrogen-bond acceptors (Lipinski definition) is 8. The molecule has 3 N–H and O–H groups in total. The summed E-state index contributed by atoms with van der Waals surface area (Å²) in [5.74, 6) is -0.800. The van der Waals surface area contributed by atoms with Crippen molar-refractivity contribution in [2.45, 2.75) is 0 Å². The van der Waals surface area contributed by atoms with Gasteiger partial charge >= 0.3 is 0 Å². The number of methoxy groups -OCH3 is 3. The van der Waals surface area contributed by atoms with Gasteiger partial charge in [0.05, 0.1) is 26.9 Å². The first kappa shape index (κ1) is 17.3. The van der Waals surface area contributed by atoms with Crippen molar-refractivity contribution in [2.24, 2.45) is 0 Å². The van der Waals surface area contributed by atoms with Crippen LogP contribution >= 0.6 is 0 Å². The lowest BCUT2D eigenvalue weighted by Crippen LogP contribution is -2.05. The highest BCUT2D eigenvalue weighted by atomic mass is 16.5. The molecule has 2 aromatic carbocycles. The average molecular weight is 360 g/mol. The molecule has 0 radical (unpaired) electrons. The number of ether oxygens (including phenoxy) is 3. The molecule has 1 aromatic heterocycles. The first-order valence-corrected chi connectivity index (χ1v) is 7.44. The maximum atomic E-state index is 12.6. The summed E-state index contributed by atoms with van der Waals surface area (Å²) in [6, 6.07) is 4.88. The summed E-state index contributed by atoms with van der Waals surface area (Å²) in [6.45, 7) is 0. The van der Waals surface area contributed by atoms with Crippen LogP contribution in [-0.2, 0) is 0 Å². The maximum Gasteiger partial charge on any atom is 0.211 e. The zero-order chi connectivity index (χ0) is 19.0. The summed E-state index contributed by atoms with van der Waals surface area (Å²) in [7, 11) is 3.99. The second-order valence-electron chi connectivity index (χ2n) is 5.33. The number of phenolic OH excluding ortho intramolecular Hbond substituents is 3. The molecule has 0 fully saturated rings. The quantitative estimate of drug-likeness (QED) is 0.608. The molecule has 0 aliphatic heterocycles. The topological polar surface area (TPSA) is 119 Å². The summed E-state index contributed by atoms with van der Waals surface area (Å²) < 4.78 is 21.3. The highest BCUT2D eigenvalue weighted by Gasteiger charge is 2.26. The van der Waals surface area contributed by atoms with Crippen molar-refractivity contribution in [3.8, 4) is 45.8 Å². The monoisotopic (exact) mass is 360 g/mol. The van der Waals surface area contributed by atoms with Gasteiger partial charge in [0.1, 0.15) is 22.6 Å². The van der Waals surface area contributed by atoms with E-state index in [0.717, 1.165) is 6.07 Å². The van der Waals surface area contributed by atoms with Crippen molar-refractivity contribution in [3.63, 3.8) is 0 Å². The molecule has 136 valence electrons. The van der Waals surface area contributed by atoms with Gasteiger partial charge in [0.25, 0.3) is 0 Å². The van der Waals surface area contributed by atoms with Crippen LogP contribution in [0.1, 0.15) is 0 Å². The Labute approximate surface area is 147 Å². The summed E-state index contributed by atoms with van der Waals surface area (Å²) in [5, 5.41) is 29.9. The Balaban J connectivity index is 2.46. The third kappa shape index (κ3) is 2.52. The normalized spacial score (nSPS) is 10.7. The van der Waals surface area contributed by atoms with Crippen molar-refractivity contribution < 1.29 is 33.9 Å². The van der Waals surface area contributed by atoms with Crippen LogP contribution in [-0.4, -0.2) is 36.6 Å². The van der Waals surface area contributed by atoms with Crippen molar-refractivity contribution in [1.29, 1.82) is 0 Å². The lowest BCUT2D eigenvalue weighted by Gasteiger charge is -2.16. The van der Waals surface area contributed by atoms with Crippen LogP contribution < -0.4 is 19.6 Å². The van der Waals surface area contributed by atoms with Crippen LogP contribution in [0.5, 0.6) is 34.5 Å². The summed E-state index contributed by atoms with van der Waals surface area (Å²) in [6.07, 6.45) is 0. The average Bonchev–Trinajstić information content (AvgIpc) is 2.62. The van der Waals surface area contributed by atoms with Gasteiger partial charge in [-0.1, -0.05) is 0 Å². The van der Waals surface area contributed by atoms with E-state index in [0.29, 0.717) is 0 Å². The van der Waals surface area contributed by atoms with E-state index in [9.17, 15) is 20.1 Å². The third-order valence-electron chi connectivity index (χ3n) is 3.88. The molecule has 0 amide bonds. The Morgan fingerprint density at radius 1 is 0.885 bits per heavy atom. The van der Waals surface area contributed by atoms with E-state index in [-0.39, 0.29) is 51.0 Å². The summed E-state index contributed by atoms with van der Waals surface area (Å²) >= 11 is 0. The molecule has 26 heavy (non-hydrogen) atoms. The Morgan fingerprint density at radius 3 is 2.15 bits per heavy atom. The largest absolute Gasteiger partial charge is 0.508 e. The smallest absolute Gasteiger partial charge is 0.211 e. The summed E-state index contributed by atoms with van der Waals surface area (Å²) in [4.78, 5) is 12.6. The molecule has 0 saturated heterocycles. The van der Waals surface area contributed by atoms with Gasteiger partial charge in [0.2, 0.25) is 17.2 Å². The van der Waals surface area contributed by atoms with Crippen molar-refractivity contribution in [1.82, 2.24) is 0 Å². The fraction of sp³-hybridized carbons (Fsp3) is 0.167. The van der Waals surface area contributed by atoms with Gasteiger partial charge in [0, 0.05) is 6.07 Å². The highest BCUT2D eigenvalue weighted by molar-refractivity contribution is 5.95. The number of phenols is 3. The molecule has 1 heterocycles. The number of hydrogen-bond donors (Lipinski definition) is 3. The minimum Gasteiger partial charge on any atom is -0.508 e. The number of benzene rings is 2. The Morgan fingerprint density at radius 2 is 1.54 bits per heavy atom. The van der Waals surface area contributed by atoms with Crippen molar-refractivity contribution >= 4 is 11.0 Å². The Hall–Kier alpha value is -3.55. The molecule has 0 spiro atoms. The zero-order valence-electron chi connectivity index (χ0n) is 14.2.